The first-order chi connectivity index (χ1) is 7.18. The molecule has 1 heteroatoms. The fourth-order valence-electron chi connectivity index (χ4n) is 2.27. The van der Waals surface area contributed by atoms with Crippen LogP contribution in [0.4, 0.5) is 0 Å². The zero-order valence-corrected chi connectivity index (χ0v) is 9.88. The molecule has 1 aromatic rings. The van der Waals surface area contributed by atoms with Gasteiger partial charge >= 0.3 is 0 Å². The lowest BCUT2D eigenvalue weighted by Gasteiger charge is -2.11. The van der Waals surface area contributed by atoms with Crippen LogP contribution in [0.3, 0.4) is 0 Å². The molecule has 0 aliphatic heterocycles. The Hall–Kier alpha value is -1.08. The maximum atomic E-state index is 2.27. The van der Waals surface area contributed by atoms with Crippen LogP contribution in [0.2, 0.25) is 0 Å². The summed E-state index contributed by atoms with van der Waals surface area (Å²) < 4.78 is 0. The van der Waals surface area contributed by atoms with Crippen LogP contribution in [0.15, 0.2) is 29.8 Å². The average molecular weight is 201 g/mol. The van der Waals surface area contributed by atoms with Crippen molar-refractivity contribution < 1.29 is 0 Å². The molecule has 1 aromatic carbocycles. The van der Waals surface area contributed by atoms with Gasteiger partial charge in [0.1, 0.15) is 0 Å². The van der Waals surface area contributed by atoms with Crippen LogP contribution in [0.25, 0.3) is 5.57 Å². The molecule has 0 radical (unpaired) electrons. The summed E-state index contributed by atoms with van der Waals surface area (Å²) >= 11 is 0. The topological polar surface area (TPSA) is 3.24 Å². The minimum absolute atomic E-state index is 1.14. The van der Waals surface area contributed by atoms with Gasteiger partial charge in [0.2, 0.25) is 0 Å². The predicted molar refractivity (Wildman–Crippen MR) is 65.9 cm³/mol. The van der Waals surface area contributed by atoms with E-state index in [1.807, 2.05) is 0 Å². The molecule has 0 N–H and O–H groups in total. The number of benzene rings is 1. The normalized spacial score (nSPS) is 14.9. The van der Waals surface area contributed by atoms with Gasteiger partial charge in [0.15, 0.2) is 0 Å². The maximum Gasteiger partial charge on any atom is 0.00159 e. The van der Waals surface area contributed by atoms with Crippen molar-refractivity contribution in [1.82, 2.24) is 4.90 Å². The first-order valence-corrected chi connectivity index (χ1v) is 5.60. The Morgan fingerprint density at radius 3 is 2.67 bits per heavy atom. The highest BCUT2D eigenvalue weighted by atomic mass is 15.0. The molecule has 0 atom stereocenters. The van der Waals surface area contributed by atoms with E-state index in [1.54, 1.807) is 11.1 Å². The Labute approximate surface area is 92.4 Å². The highest BCUT2D eigenvalue weighted by Crippen LogP contribution is 2.34. The molecule has 15 heavy (non-hydrogen) atoms. The summed E-state index contributed by atoms with van der Waals surface area (Å²) in [5.41, 5.74) is 6.11. The number of hydrogen-bond donors (Lipinski definition) is 0. The van der Waals surface area contributed by atoms with Crippen LogP contribution in [0.5, 0.6) is 0 Å². The second kappa shape index (κ2) is 4.19. The van der Waals surface area contributed by atoms with Crippen molar-refractivity contribution in [2.75, 3.05) is 20.6 Å². The van der Waals surface area contributed by atoms with Crippen molar-refractivity contribution >= 4 is 5.57 Å². The molecule has 0 spiro atoms. The van der Waals surface area contributed by atoms with Crippen LogP contribution in [0, 0.1) is 0 Å². The monoisotopic (exact) mass is 201 g/mol. The summed E-state index contributed by atoms with van der Waals surface area (Å²) in [6, 6.07) is 8.80. The van der Waals surface area contributed by atoms with E-state index < -0.39 is 0 Å². The molecule has 0 saturated heterocycles. The van der Waals surface area contributed by atoms with Crippen molar-refractivity contribution in [2.45, 2.75) is 19.8 Å². The third-order valence-corrected chi connectivity index (χ3v) is 3.12. The van der Waals surface area contributed by atoms with E-state index in [0.717, 1.165) is 13.0 Å². The number of rotatable bonds is 3. The zero-order valence-electron chi connectivity index (χ0n) is 9.88. The number of allylic oxidation sites excluding steroid dienone is 1. The van der Waals surface area contributed by atoms with E-state index in [-0.39, 0.29) is 0 Å². The summed E-state index contributed by atoms with van der Waals surface area (Å²) in [6.45, 7) is 3.41. The molecule has 0 fully saturated rings. The van der Waals surface area contributed by atoms with Crippen molar-refractivity contribution in [3.63, 3.8) is 0 Å². The van der Waals surface area contributed by atoms with Gasteiger partial charge in [-0.3, -0.25) is 0 Å². The second-order valence-corrected chi connectivity index (χ2v) is 4.65. The van der Waals surface area contributed by atoms with Crippen LogP contribution in [-0.4, -0.2) is 25.5 Å². The van der Waals surface area contributed by atoms with Gasteiger partial charge in [0.05, 0.1) is 0 Å². The van der Waals surface area contributed by atoms with Gasteiger partial charge < -0.3 is 4.90 Å². The zero-order chi connectivity index (χ0) is 10.8. The van der Waals surface area contributed by atoms with Gasteiger partial charge in [-0.1, -0.05) is 29.8 Å². The SMILES string of the molecule is CC1=C(CCN(C)C)c2ccccc2C1. The fraction of sp³-hybridized carbons (Fsp3) is 0.429. The summed E-state index contributed by atoms with van der Waals surface area (Å²) in [6.07, 6.45) is 2.33. The standard InChI is InChI=1S/C14H19N/c1-11-10-12-6-4-5-7-14(12)13(11)8-9-15(2)3/h4-7H,8-10H2,1-3H3. The van der Waals surface area contributed by atoms with E-state index in [1.165, 1.54) is 17.5 Å². The smallest absolute Gasteiger partial charge is 0.00159 e. The first-order valence-electron chi connectivity index (χ1n) is 5.60. The van der Waals surface area contributed by atoms with E-state index in [0.29, 0.717) is 0 Å². The van der Waals surface area contributed by atoms with Crippen LogP contribution >= 0.6 is 0 Å². The molecule has 0 heterocycles. The van der Waals surface area contributed by atoms with Crippen LogP contribution < -0.4 is 0 Å². The third-order valence-electron chi connectivity index (χ3n) is 3.12. The molecule has 0 unspecified atom stereocenters. The van der Waals surface area contributed by atoms with Gasteiger partial charge in [0.25, 0.3) is 0 Å². The molecule has 1 aliphatic carbocycles. The third kappa shape index (κ3) is 2.13. The summed E-state index contributed by atoms with van der Waals surface area (Å²) in [4.78, 5) is 2.25. The highest BCUT2D eigenvalue weighted by molar-refractivity contribution is 5.76. The molecule has 0 saturated carbocycles. The van der Waals surface area contributed by atoms with E-state index >= 15 is 0 Å². The molecule has 2 rings (SSSR count). The molecule has 0 aromatic heterocycles. The minimum Gasteiger partial charge on any atom is -0.309 e. The van der Waals surface area contributed by atoms with E-state index in [4.69, 9.17) is 0 Å². The lowest BCUT2D eigenvalue weighted by atomic mass is 10.0. The lowest BCUT2D eigenvalue weighted by molar-refractivity contribution is 0.419. The van der Waals surface area contributed by atoms with Crippen LogP contribution in [-0.2, 0) is 6.42 Å². The second-order valence-electron chi connectivity index (χ2n) is 4.65. The maximum absolute atomic E-state index is 2.27. The molecule has 0 bridgehead atoms. The Kier molecular flexibility index (Phi) is 2.92. The first kappa shape index (κ1) is 10.4. The Bertz CT molecular complexity index is 388. The van der Waals surface area contributed by atoms with Crippen LogP contribution in [0.1, 0.15) is 24.5 Å². The quantitative estimate of drug-likeness (QED) is 0.726. The molecule has 1 nitrogen and oxygen atoms in total. The molecule has 0 amide bonds. The van der Waals surface area contributed by atoms with E-state index in [9.17, 15) is 0 Å². The van der Waals surface area contributed by atoms with Gasteiger partial charge in [-0.25, -0.2) is 0 Å². The Morgan fingerprint density at radius 2 is 1.93 bits per heavy atom. The molecular formula is C14H19N. The molecule has 1 aliphatic rings. The van der Waals surface area contributed by atoms with Gasteiger partial charge in [-0.2, -0.15) is 0 Å². The number of fused-ring (bicyclic) bond motifs is 1. The van der Waals surface area contributed by atoms with Crippen molar-refractivity contribution in [2.24, 2.45) is 0 Å². The average Bonchev–Trinajstić information content (AvgIpc) is 2.50. The summed E-state index contributed by atoms with van der Waals surface area (Å²) in [5, 5.41) is 0. The number of nitrogens with zero attached hydrogens (tertiary/aromatic N) is 1. The highest BCUT2D eigenvalue weighted by Gasteiger charge is 2.17. The Morgan fingerprint density at radius 1 is 1.20 bits per heavy atom. The predicted octanol–water partition coefficient (Wildman–Crippen LogP) is 2.97. The number of hydrogen-bond acceptors (Lipinski definition) is 1. The summed E-state index contributed by atoms with van der Waals surface area (Å²) in [7, 11) is 4.27. The van der Waals surface area contributed by atoms with Crippen molar-refractivity contribution in [1.29, 1.82) is 0 Å². The lowest BCUT2D eigenvalue weighted by Crippen LogP contribution is -2.13. The Balaban J connectivity index is 2.20. The van der Waals surface area contributed by atoms with Gasteiger partial charge in [-0.15, -0.1) is 0 Å². The molecule has 80 valence electrons. The van der Waals surface area contributed by atoms with E-state index in [2.05, 4.69) is 50.2 Å². The fourth-order valence-corrected chi connectivity index (χ4v) is 2.27. The minimum atomic E-state index is 1.14. The summed E-state index contributed by atoms with van der Waals surface area (Å²) in [5.74, 6) is 0. The van der Waals surface area contributed by atoms with Gasteiger partial charge in [-0.05, 0) is 50.6 Å². The van der Waals surface area contributed by atoms with Crippen molar-refractivity contribution in [3.8, 4) is 0 Å². The largest absolute Gasteiger partial charge is 0.309 e. The van der Waals surface area contributed by atoms with Crippen molar-refractivity contribution in [3.05, 3.63) is 41.0 Å². The van der Waals surface area contributed by atoms with Gasteiger partial charge in [0, 0.05) is 6.54 Å². The molecular weight excluding hydrogens is 182 g/mol.